The Kier molecular flexibility index (Phi) is 5.82. The van der Waals surface area contributed by atoms with Crippen LogP contribution in [0.3, 0.4) is 0 Å². The number of aromatic nitrogens is 6. The van der Waals surface area contributed by atoms with Gasteiger partial charge in [0.2, 0.25) is 11.9 Å². The lowest BCUT2D eigenvalue weighted by atomic mass is 10.2. The van der Waals surface area contributed by atoms with Crippen LogP contribution in [-0.2, 0) is 5.75 Å². The third kappa shape index (κ3) is 4.69. The first-order chi connectivity index (χ1) is 14.5. The van der Waals surface area contributed by atoms with Crippen LogP contribution in [0.5, 0.6) is 0 Å². The molecule has 152 valence electrons. The molecule has 4 aromatic rings. The molecular weight excluding hydrogens is 420 g/mol. The summed E-state index contributed by atoms with van der Waals surface area (Å²) in [6, 6.07) is 15.4. The molecule has 0 fully saturated rings. The fourth-order valence-corrected chi connectivity index (χ4v) is 3.83. The Morgan fingerprint density at radius 2 is 1.83 bits per heavy atom. The zero-order valence-electron chi connectivity index (χ0n) is 16.4. The SMILES string of the molecule is Cc1cccc(-n2c(C)nnc2SCc2nc(N)nc(Nc3ccc(Cl)cc3)n2)c1. The second kappa shape index (κ2) is 8.68. The van der Waals surface area contributed by atoms with Crippen LogP contribution >= 0.6 is 23.4 Å². The summed E-state index contributed by atoms with van der Waals surface area (Å²) >= 11 is 7.41. The predicted octanol–water partition coefficient (Wildman–Crippen LogP) is 4.34. The average molecular weight is 439 g/mol. The van der Waals surface area contributed by atoms with Gasteiger partial charge in [0.25, 0.3) is 0 Å². The van der Waals surface area contributed by atoms with E-state index in [4.69, 9.17) is 17.3 Å². The van der Waals surface area contributed by atoms with Crippen molar-refractivity contribution >= 4 is 40.9 Å². The number of hydrogen-bond acceptors (Lipinski definition) is 8. The molecule has 0 spiro atoms. The molecule has 0 aliphatic rings. The number of nitrogens with two attached hydrogens (primary N) is 1. The van der Waals surface area contributed by atoms with Crippen LogP contribution in [0, 0.1) is 13.8 Å². The minimum Gasteiger partial charge on any atom is -0.368 e. The first kappa shape index (κ1) is 20.1. The highest BCUT2D eigenvalue weighted by Crippen LogP contribution is 2.25. The summed E-state index contributed by atoms with van der Waals surface area (Å²) in [4.78, 5) is 12.9. The van der Waals surface area contributed by atoms with Gasteiger partial charge in [-0.3, -0.25) is 4.57 Å². The van der Waals surface area contributed by atoms with Crippen molar-refractivity contribution in [2.75, 3.05) is 11.1 Å². The van der Waals surface area contributed by atoms with E-state index >= 15 is 0 Å². The molecule has 0 amide bonds. The molecule has 8 nitrogen and oxygen atoms in total. The molecule has 30 heavy (non-hydrogen) atoms. The minimum absolute atomic E-state index is 0.147. The van der Waals surface area contributed by atoms with Crippen LogP contribution in [0.2, 0.25) is 5.02 Å². The molecule has 10 heteroatoms. The van der Waals surface area contributed by atoms with E-state index in [1.165, 1.54) is 17.3 Å². The standard InChI is InChI=1S/C20H19ClN8S/c1-12-4-3-5-16(10-12)29-13(2)27-28-20(29)30-11-17-24-18(22)26-19(25-17)23-15-8-6-14(21)7-9-15/h3-10H,11H2,1-2H3,(H3,22,23,24,25,26). The Hall–Kier alpha value is -3.17. The summed E-state index contributed by atoms with van der Waals surface area (Å²) in [7, 11) is 0. The number of halogens is 1. The zero-order valence-corrected chi connectivity index (χ0v) is 17.9. The number of nitrogen functional groups attached to an aromatic ring is 1. The van der Waals surface area contributed by atoms with E-state index in [2.05, 4.69) is 49.5 Å². The molecule has 4 rings (SSSR count). The predicted molar refractivity (Wildman–Crippen MR) is 119 cm³/mol. The zero-order chi connectivity index (χ0) is 21.1. The number of hydrogen-bond donors (Lipinski definition) is 2. The number of benzene rings is 2. The average Bonchev–Trinajstić information content (AvgIpc) is 3.08. The minimum atomic E-state index is 0.147. The Morgan fingerprint density at radius 3 is 2.60 bits per heavy atom. The molecule has 3 N–H and O–H groups in total. The molecular formula is C20H19ClN8S. The molecule has 0 atom stereocenters. The number of nitrogens with one attached hydrogen (secondary N) is 1. The summed E-state index contributed by atoms with van der Waals surface area (Å²) in [6.07, 6.45) is 0. The molecule has 2 aromatic heterocycles. The van der Waals surface area contributed by atoms with Crippen LogP contribution < -0.4 is 11.1 Å². The second-order valence-electron chi connectivity index (χ2n) is 6.56. The van der Waals surface area contributed by atoms with E-state index in [1.807, 2.05) is 35.8 Å². The summed E-state index contributed by atoms with van der Waals surface area (Å²) in [5.74, 6) is 2.33. The summed E-state index contributed by atoms with van der Waals surface area (Å²) in [5.41, 5.74) is 8.87. The third-order valence-electron chi connectivity index (χ3n) is 4.18. The van der Waals surface area contributed by atoms with Gasteiger partial charge in [-0.1, -0.05) is 35.5 Å². The Morgan fingerprint density at radius 1 is 1.03 bits per heavy atom. The first-order valence-corrected chi connectivity index (χ1v) is 10.5. The summed E-state index contributed by atoms with van der Waals surface area (Å²) < 4.78 is 2.01. The maximum atomic E-state index is 5.93. The number of thioether (sulfide) groups is 1. The van der Waals surface area contributed by atoms with Gasteiger partial charge in [0.1, 0.15) is 11.6 Å². The molecule has 0 saturated heterocycles. The highest BCUT2D eigenvalue weighted by molar-refractivity contribution is 7.98. The molecule has 0 radical (unpaired) electrons. The topological polar surface area (TPSA) is 107 Å². The van der Waals surface area contributed by atoms with E-state index in [9.17, 15) is 0 Å². The van der Waals surface area contributed by atoms with Crippen molar-refractivity contribution in [2.45, 2.75) is 24.8 Å². The fourth-order valence-electron chi connectivity index (χ4n) is 2.85. The quantitative estimate of drug-likeness (QED) is 0.428. The van der Waals surface area contributed by atoms with E-state index in [0.717, 1.165) is 22.4 Å². The molecule has 0 aliphatic carbocycles. The van der Waals surface area contributed by atoms with Crippen molar-refractivity contribution in [3.63, 3.8) is 0 Å². The van der Waals surface area contributed by atoms with E-state index in [0.29, 0.717) is 22.5 Å². The molecule has 0 unspecified atom stereocenters. The van der Waals surface area contributed by atoms with Gasteiger partial charge in [-0.05, 0) is 55.8 Å². The van der Waals surface area contributed by atoms with E-state index in [-0.39, 0.29) is 5.95 Å². The molecule has 2 aromatic carbocycles. The van der Waals surface area contributed by atoms with Gasteiger partial charge >= 0.3 is 0 Å². The molecule has 0 aliphatic heterocycles. The summed E-state index contributed by atoms with van der Waals surface area (Å²) in [5, 5.41) is 13.0. The first-order valence-electron chi connectivity index (χ1n) is 9.13. The maximum Gasteiger partial charge on any atom is 0.232 e. The van der Waals surface area contributed by atoms with Gasteiger partial charge in [-0.25, -0.2) is 0 Å². The monoisotopic (exact) mass is 438 g/mol. The Labute approximate surface area is 182 Å². The van der Waals surface area contributed by atoms with Crippen molar-refractivity contribution in [1.29, 1.82) is 0 Å². The lowest BCUT2D eigenvalue weighted by Gasteiger charge is -2.10. The number of nitrogens with zero attached hydrogens (tertiary/aromatic N) is 6. The highest BCUT2D eigenvalue weighted by atomic mass is 35.5. The van der Waals surface area contributed by atoms with Crippen LogP contribution in [0.15, 0.2) is 53.7 Å². The number of anilines is 3. The molecule has 2 heterocycles. The van der Waals surface area contributed by atoms with Crippen molar-refractivity contribution < 1.29 is 0 Å². The third-order valence-corrected chi connectivity index (χ3v) is 5.36. The van der Waals surface area contributed by atoms with E-state index < -0.39 is 0 Å². The van der Waals surface area contributed by atoms with Crippen LogP contribution in [0.25, 0.3) is 5.69 Å². The van der Waals surface area contributed by atoms with Gasteiger partial charge in [-0.15, -0.1) is 10.2 Å². The van der Waals surface area contributed by atoms with Gasteiger partial charge in [0, 0.05) is 16.4 Å². The van der Waals surface area contributed by atoms with Crippen molar-refractivity contribution in [2.24, 2.45) is 0 Å². The van der Waals surface area contributed by atoms with Gasteiger partial charge in [0.05, 0.1) is 5.75 Å². The fraction of sp³-hybridized carbons (Fsp3) is 0.150. The van der Waals surface area contributed by atoms with Crippen molar-refractivity contribution in [3.05, 3.63) is 70.8 Å². The molecule has 0 bridgehead atoms. The van der Waals surface area contributed by atoms with Crippen LogP contribution in [-0.4, -0.2) is 29.7 Å². The van der Waals surface area contributed by atoms with Crippen LogP contribution in [0.4, 0.5) is 17.6 Å². The Bertz CT molecular complexity index is 1180. The van der Waals surface area contributed by atoms with Crippen molar-refractivity contribution in [3.8, 4) is 5.69 Å². The lowest BCUT2D eigenvalue weighted by Crippen LogP contribution is -2.07. The highest BCUT2D eigenvalue weighted by Gasteiger charge is 2.13. The summed E-state index contributed by atoms with van der Waals surface area (Å²) in [6.45, 7) is 3.98. The number of aryl methyl sites for hydroxylation is 2. The van der Waals surface area contributed by atoms with Gasteiger partial charge in [0.15, 0.2) is 5.16 Å². The number of rotatable bonds is 6. The van der Waals surface area contributed by atoms with Gasteiger partial charge < -0.3 is 11.1 Å². The smallest absolute Gasteiger partial charge is 0.232 e. The maximum absolute atomic E-state index is 5.93. The second-order valence-corrected chi connectivity index (χ2v) is 7.94. The largest absolute Gasteiger partial charge is 0.368 e. The van der Waals surface area contributed by atoms with Gasteiger partial charge in [-0.2, -0.15) is 15.0 Å². The Balaban J connectivity index is 1.53. The van der Waals surface area contributed by atoms with Crippen molar-refractivity contribution in [1.82, 2.24) is 29.7 Å². The van der Waals surface area contributed by atoms with E-state index in [1.54, 1.807) is 12.1 Å². The van der Waals surface area contributed by atoms with Crippen LogP contribution in [0.1, 0.15) is 17.2 Å². The lowest BCUT2D eigenvalue weighted by molar-refractivity contribution is 0.864. The molecule has 0 saturated carbocycles. The normalized spacial score (nSPS) is 10.9.